The Morgan fingerprint density at radius 2 is 0.932 bits per heavy atom. The number of carboxylic acids is 1. The van der Waals surface area contributed by atoms with Crippen molar-refractivity contribution in [3.63, 3.8) is 0 Å². The van der Waals surface area contributed by atoms with Gasteiger partial charge < -0.3 is 25.2 Å². The van der Waals surface area contributed by atoms with Crippen molar-refractivity contribution in [1.82, 2.24) is 5.32 Å². The number of amides is 1. The van der Waals surface area contributed by atoms with Gasteiger partial charge in [0, 0.05) is 12.8 Å². The van der Waals surface area contributed by atoms with Crippen LogP contribution in [0.2, 0.25) is 0 Å². The van der Waals surface area contributed by atoms with Crippen LogP contribution in [0.1, 0.15) is 200 Å². The summed E-state index contributed by atoms with van der Waals surface area (Å²) in [7, 11) is -4.76. The van der Waals surface area contributed by atoms with Gasteiger partial charge in [0.05, 0.1) is 13.2 Å². The van der Waals surface area contributed by atoms with Gasteiger partial charge in [0.2, 0.25) is 5.91 Å². The predicted molar refractivity (Wildman–Crippen MR) is 240 cm³/mol. The molecule has 0 heterocycles. The van der Waals surface area contributed by atoms with Crippen LogP contribution in [0.5, 0.6) is 0 Å². The molecule has 0 aliphatic heterocycles. The number of aliphatic hydroxyl groups is 1. The van der Waals surface area contributed by atoms with Gasteiger partial charge in [-0.05, 0) is 57.8 Å². The highest BCUT2D eigenvalue weighted by Crippen LogP contribution is 2.43. The van der Waals surface area contributed by atoms with E-state index in [1.807, 2.05) is 0 Å². The Labute approximate surface area is 358 Å². The lowest BCUT2D eigenvalue weighted by Gasteiger charge is -2.18. The second-order valence-electron chi connectivity index (χ2n) is 15.6. The molecule has 0 aromatic carbocycles. The molecule has 4 N–H and O–H groups in total. The van der Waals surface area contributed by atoms with Crippen LogP contribution < -0.4 is 5.32 Å². The van der Waals surface area contributed by atoms with Crippen molar-refractivity contribution in [3.8, 4) is 0 Å². The van der Waals surface area contributed by atoms with Crippen molar-refractivity contribution < 1.29 is 47.8 Å². The first-order chi connectivity index (χ1) is 28.6. The third kappa shape index (κ3) is 41.9. The van der Waals surface area contributed by atoms with Crippen LogP contribution >= 0.6 is 7.82 Å². The molecule has 0 fully saturated rings. The number of unbranched alkanes of at least 4 members (excludes halogenated alkanes) is 21. The van der Waals surface area contributed by atoms with Gasteiger partial charge in [-0.15, -0.1) is 0 Å². The van der Waals surface area contributed by atoms with Gasteiger partial charge >= 0.3 is 19.8 Å². The zero-order valence-corrected chi connectivity index (χ0v) is 37.9. The van der Waals surface area contributed by atoms with Gasteiger partial charge in [0.15, 0.2) is 6.04 Å². The third-order valence-electron chi connectivity index (χ3n) is 9.87. The zero-order chi connectivity index (χ0) is 43.5. The van der Waals surface area contributed by atoms with Gasteiger partial charge in [-0.2, -0.15) is 0 Å². The lowest BCUT2D eigenvalue weighted by molar-refractivity contribution is -0.147. The van der Waals surface area contributed by atoms with Crippen molar-refractivity contribution in [2.75, 3.05) is 19.8 Å². The molecular formula is C47H84NO10P. The summed E-state index contributed by atoms with van der Waals surface area (Å²) in [4.78, 5) is 46.0. The minimum atomic E-state index is -4.76. The highest BCUT2D eigenvalue weighted by molar-refractivity contribution is 7.47. The normalized spacial score (nSPS) is 14.1. The Bertz CT molecular complexity index is 1190. The number of hydrogen-bond acceptors (Lipinski definition) is 8. The fourth-order valence-corrected chi connectivity index (χ4v) is 7.01. The molecule has 11 nitrogen and oxygen atoms in total. The third-order valence-corrected chi connectivity index (χ3v) is 10.8. The van der Waals surface area contributed by atoms with Crippen LogP contribution in [-0.2, 0) is 32.7 Å². The number of esters is 1. The molecule has 0 saturated carbocycles. The summed E-state index contributed by atoms with van der Waals surface area (Å²) in [6.07, 6.45) is 47.0. The topological polar surface area (TPSA) is 169 Å². The second-order valence-corrected chi connectivity index (χ2v) is 17.0. The summed E-state index contributed by atoms with van der Waals surface area (Å²) in [5.74, 6) is -2.40. The van der Waals surface area contributed by atoms with Crippen LogP contribution in [0.15, 0.2) is 48.6 Å². The summed E-state index contributed by atoms with van der Waals surface area (Å²) in [6, 6.07) is -1.56. The first kappa shape index (κ1) is 56.4. The second kappa shape index (κ2) is 42.1. The molecule has 0 rings (SSSR count). The number of ether oxygens (including phenoxy) is 1. The van der Waals surface area contributed by atoms with E-state index in [0.29, 0.717) is 12.8 Å². The van der Waals surface area contributed by atoms with Crippen molar-refractivity contribution in [1.29, 1.82) is 0 Å². The number of rotatable bonds is 43. The Balaban J connectivity index is 3.93. The number of phosphoric ester groups is 1. The summed E-state index contributed by atoms with van der Waals surface area (Å²) >= 11 is 0. The molecule has 0 aromatic heterocycles. The quantitative estimate of drug-likeness (QED) is 0.0200. The molecule has 0 radical (unpaired) electrons. The van der Waals surface area contributed by atoms with E-state index >= 15 is 0 Å². The summed E-state index contributed by atoms with van der Waals surface area (Å²) in [5, 5.41) is 21.8. The van der Waals surface area contributed by atoms with E-state index in [2.05, 4.69) is 67.8 Å². The first-order valence-corrected chi connectivity index (χ1v) is 24.7. The van der Waals surface area contributed by atoms with E-state index in [1.54, 1.807) is 0 Å². The number of nitrogens with one attached hydrogen (secondary N) is 1. The fourth-order valence-electron chi connectivity index (χ4n) is 6.24. The highest BCUT2D eigenvalue weighted by atomic mass is 31.2. The highest BCUT2D eigenvalue weighted by Gasteiger charge is 2.28. The standard InChI is InChI=1S/C47H84NO10P/c1-3-5-7-9-11-13-15-17-19-20-21-22-23-24-25-26-28-30-32-34-36-38-45(50)48-44(47(52)53)42-58-59(54,55)57-41-43(49)40-56-46(51)39-37-35-33-31-29-27-18-16-14-12-10-8-6-4-2/h11,13,17,19,21-22,24-25,43-44,49H,3-10,12,14-16,18,20,23,26-42H2,1-2H3,(H,48,50)(H,52,53)(H,54,55)/b13-11-,19-17-,22-21-,25-24-. The van der Waals surface area contributed by atoms with E-state index in [0.717, 1.165) is 70.6 Å². The van der Waals surface area contributed by atoms with Crippen molar-refractivity contribution in [2.45, 2.75) is 212 Å². The maximum atomic E-state index is 12.3. The molecule has 12 heteroatoms. The molecule has 0 saturated heterocycles. The van der Waals surface area contributed by atoms with Gasteiger partial charge in [0.25, 0.3) is 0 Å². The summed E-state index contributed by atoms with van der Waals surface area (Å²) in [5.41, 5.74) is 0. The molecular weight excluding hydrogens is 769 g/mol. The number of phosphoric acid groups is 1. The lowest BCUT2D eigenvalue weighted by atomic mass is 10.0. The molecule has 0 spiro atoms. The molecule has 3 unspecified atom stereocenters. The van der Waals surface area contributed by atoms with Gasteiger partial charge in [-0.3, -0.25) is 18.6 Å². The molecule has 3 atom stereocenters. The average Bonchev–Trinajstić information content (AvgIpc) is 3.21. The minimum absolute atomic E-state index is 0.124. The minimum Gasteiger partial charge on any atom is -0.480 e. The SMILES string of the molecule is CCCCC/C=C\C/C=C\C/C=C\C/C=C\CCCCCCCC(=O)NC(COP(=O)(O)OCC(O)COC(=O)CCCCCCCCCCCCCCCC)C(=O)O. The van der Waals surface area contributed by atoms with Crippen LogP contribution in [0.25, 0.3) is 0 Å². The van der Waals surface area contributed by atoms with Gasteiger partial charge in [-0.25, -0.2) is 9.36 Å². The maximum absolute atomic E-state index is 12.3. The van der Waals surface area contributed by atoms with E-state index in [4.69, 9.17) is 13.8 Å². The summed E-state index contributed by atoms with van der Waals surface area (Å²) < 4.78 is 26.9. The van der Waals surface area contributed by atoms with Crippen molar-refractivity contribution >= 4 is 25.7 Å². The monoisotopic (exact) mass is 854 g/mol. The molecule has 1 amide bonds. The van der Waals surface area contributed by atoms with E-state index in [1.165, 1.54) is 89.9 Å². The van der Waals surface area contributed by atoms with Crippen LogP contribution in [0, 0.1) is 0 Å². The van der Waals surface area contributed by atoms with Crippen LogP contribution in [0.4, 0.5) is 0 Å². The maximum Gasteiger partial charge on any atom is 0.472 e. The summed E-state index contributed by atoms with van der Waals surface area (Å²) in [6.45, 7) is 2.56. The van der Waals surface area contributed by atoms with Gasteiger partial charge in [0.1, 0.15) is 12.7 Å². The van der Waals surface area contributed by atoms with E-state index in [9.17, 15) is 34.1 Å². The molecule has 0 aliphatic rings. The predicted octanol–water partition coefficient (Wildman–Crippen LogP) is 12.2. The molecule has 0 aliphatic carbocycles. The Kier molecular flexibility index (Phi) is 40.3. The molecule has 0 bridgehead atoms. The van der Waals surface area contributed by atoms with Crippen molar-refractivity contribution in [2.24, 2.45) is 0 Å². The van der Waals surface area contributed by atoms with Gasteiger partial charge in [-0.1, -0.05) is 178 Å². The number of hydrogen-bond donors (Lipinski definition) is 4. The van der Waals surface area contributed by atoms with Crippen LogP contribution in [0.3, 0.4) is 0 Å². The fraction of sp³-hybridized carbons (Fsp3) is 0.766. The van der Waals surface area contributed by atoms with E-state index in [-0.39, 0.29) is 12.8 Å². The number of allylic oxidation sites excluding steroid dienone is 8. The Hall–Kier alpha value is -2.56. The van der Waals surface area contributed by atoms with Crippen LogP contribution in [-0.4, -0.2) is 64.9 Å². The number of carbonyl (C=O) groups is 3. The number of aliphatic carboxylic acids is 1. The number of carbonyl (C=O) groups excluding carboxylic acids is 2. The van der Waals surface area contributed by atoms with Crippen molar-refractivity contribution in [3.05, 3.63) is 48.6 Å². The van der Waals surface area contributed by atoms with E-state index < -0.39 is 57.6 Å². The zero-order valence-electron chi connectivity index (χ0n) is 37.0. The molecule has 59 heavy (non-hydrogen) atoms. The largest absolute Gasteiger partial charge is 0.480 e. The molecule has 342 valence electrons. The Morgan fingerprint density at radius 3 is 1.42 bits per heavy atom. The first-order valence-electron chi connectivity index (χ1n) is 23.2. The number of aliphatic hydroxyl groups excluding tert-OH is 1. The smallest absolute Gasteiger partial charge is 0.472 e. The number of carboxylic acid groups (broad SMARTS) is 1. The Morgan fingerprint density at radius 1 is 0.542 bits per heavy atom. The average molecular weight is 854 g/mol. The lowest BCUT2D eigenvalue weighted by Crippen LogP contribution is -2.43. The molecule has 0 aromatic rings.